The number of aromatic nitrogens is 10. The third-order valence-electron chi connectivity index (χ3n) is 12.1. The van der Waals surface area contributed by atoms with Crippen LogP contribution in [0.15, 0.2) is 45.6 Å². The Hall–Kier alpha value is -5.11. The number of hydrogen-bond donors (Lipinski definition) is 12. The fourth-order valence-electron chi connectivity index (χ4n) is 8.57. The highest BCUT2D eigenvalue weighted by Gasteiger charge is 2.54. The summed E-state index contributed by atoms with van der Waals surface area (Å²) in [5.74, 6) is -2.16. The molecule has 38 nitrogen and oxygen atoms in total. The number of hydrogen-bond acceptors (Lipinski definition) is 26. The van der Waals surface area contributed by atoms with Crippen LogP contribution in [0.3, 0.4) is 0 Å². The first-order valence-electron chi connectivity index (χ1n) is 22.2. The van der Waals surface area contributed by atoms with Crippen LogP contribution in [0.1, 0.15) is 25.1 Å². The van der Waals surface area contributed by atoms with Crippen LogP contribution < -0.4 is 37.7 Å². The minimum Gasteiger partial charge on any atom is -0.387 e. The van der Waals surface area contributed by atoms with E-state index >= 15 is 0 Å². The molecule has 3 saturated heterocycles. The number of imidazole rings is 2. The zero-order valence-electron chi connectivity index (χ0n) is 40.2. The predicted molar refractivity (Wildman–Crippen MR) is 251 cm³/mol. The number of aryl methyl sites for hydroxylation is 1. The van der Waals surface area contributed by atoms with Gasteiger partial charge in [0.2, 0.25) is 24.4 Å². The minimum atomic E-state index is -5.99. The number of nitrogen functional groups attached to an aromatic ring is 2. The second-order valence-electron chi connectivity index (χ2n) is 17.5. The first kappa shape index (κ1) is 58.0. The number of nitrogens with one attached hydrogen (secondary N) is 3. The molecular formula is C35H51N14O24P4+. The van der Waals surface area contributed by atoms with Gasteiger partial charge in [0.25, 0.3) is 16.7 Å². The van der Waals surface area contributed by atoms with Crippen molar-refractivity contribution in [1.82, 2.24) is 53.4 Å². The predicted octanol–water partition coefficient (Wildman–Crippen LogP) is -4.57. The van der Waals surface area contributed by atoms with Gasteiger partial charge in [0.15, 0.2) is 23.9 Å². The van der Waals surface area contributed by atoms with Gasteiger partial charge in [-0.1, -0.05) is 0 Å². The highest BCUT2D eigenvalue weighted by atomic mass is 31.3. The third kappa shape index (κ3) is 12.5. The zero-order chi connectivity index (χ0) is 56.3. The number of aliphatic hydroxyl groups is 3. The number of amides is 1. The van der Waals surface area contributed by atoms with Crippen molar-refractivity contribution in [3.63, 3.8) is 0 Å². The first-order valence-corrected chi connectivity index (χ1v) is 28.3. The largest absolute Gasteiger partial charge is 0.480 e. The Labute approximate surface area is 429 Å². The van der Waals surface area contributed by atoms with Gasteiger partial charge < -0.3 is 70.2 Å². The minimum absolute atomic E-state index is 0.00348. The summed E-state index contributed by atoms with van der Waals surface area (Å²) in [4.78, 5) is 115. The maximum Gasteiger partial charge on any atom is 0.480 e. The van der Waals surface area contributed by atoms with Crippen LogP contribution >= 0.6 is 31.1 Å². The quantitative estimate of drug-likeness (QED) is 0.0243. The van der Waals surface area contributed by atoms with Gasteiger partial charge in [-0.3, -0.25) is 51.6 Å². The topological polar surface area (TPSA) is 530 Å². The summed E-state index contributed by atoms with van der Waals surface area (Å²) in [7, 11) is -17.6. The molecule has 3 fully saturated rings. The highest BCUT2D eigenvalue weighted by Crippen LogP contribution is 2.63. The maximum atomic E-state index is 13.6. The van der Waals surface area contributed by atoms with E-state index in [0.717, 1.165) is 36.6 Å². The number of aromatic amines is 2. The van der Waals surface area contributed by atoms with Crippen LogP contribution in [0.25, 0.3) is 22.3 Å². The third-order valence-corrected chi connectivity index (χ3v) is 17.8. The Morgan fingerprint density at radius 3 is 2.14 bits per heavy atom. The number of nitrogens with zero attached hydrogens (tertiary/aromatic N) is 9. The number of methoxy groups -OCH3 is 1. The highest BCUT2D eigenvalue weighted by molar-refractivity contribution is 7.71. The number of anilines is 2. The van der Waals surface area contributed by atoms with Crippen molar-refractivity contribution in [3.8, 4) is 0 Å². The smallest absolute Gasteiger partial charge is 0.387 e. The lowest BCUT2D eigenvalue weighted by atomic mass is 9.94. The van der Waals surface area contributed by atoms with Gasteiger partial charge in [-0.15, -0.1) is 4.86 Å². The number of carbonyl (C=O) groups is 1. The maximum absolute atomic E-state index is 13.6. The molecule has 3 aliphatic heterocycles. The van der Waals surface area contributed by atoms with Gasteiger partial charge in [0.05, 0.1) is 39.3 Å². The first-order chi connectivity index (χ1) is 36.0. The molecule has 8 heterocycles. The normalized spacial score (nSPS) is 29.8. The summed E-state index contributed by atoms with van der Waals surface area (Å²) in [5, 5.41) is 32.8. The summed E-state index contributed by atoms with van der Waals surface area (Å²) in [6.45, 7) is -3.26. The van der Waals surface area contributed by atoms with Crippen molar-refractivity contribution in [2.24, 2.45) is 13.0 Å². The molecule has 0 aliphatic carbocycles. The van der Waals surface area contributed by atoms with Gasteiger partial charge in [-0.25, -0.2) is 42.6 Å². The number of aliphatic hydroxyl groups excluding tert-OH is 3. The lowest BCUT2D eigenvalue weighted by Crippen LogP contribution is -2.38. The Balaban J connectivity index is 0.951. The molecule has 0 radical (unpaired) electrons. The summed E-state index contributed by atoms with van der Waals surface area (Å²) < 4.78 is 106. The molecule has 5 unspecified atom stereocenters. The molecular weight excluding hydrogens is 1120 g/mol. The molecule has 424 valence electrons. The van der Waals surface area contributed by atoms with Crippen LogP contribution in [0.4, 0.5) is 11.8 Å². The Morgan fingerprint density at radius 2 is 1.45 bits per heavy atom. The number of phosphoric acid groups is 2. The van der Waals surface area contributed by atoms with E-state index in [1.807, 2.05) is 4.98 Å². The number of ether oxygens (including phenoxy) is 4. The Bertz CT molecular complexity index is 3410. The van der Waals surface area contributed by atoms with Gasteiger partial charge in [0.1, 0.15) is 54.6 Å². The average molecular weight is 1180 g/mol. The number of carbonyl (C=O) groups excluding carboxylic acids is 1. The van der Waals surface area contributed by atoms with Crippen LogP contribution in [-0.2, 0) is 71.5 Å². The molecule has 5 aromatic rings. The van der Waals surface area contributed by atoms with E-state index in [0.29, 0.717) is 0 Å². The van der Waals surface area contributed by atoms with E-state index in [2.05, 4.69) is 29.2 Å². The van der Waals surface area contributed by atoms with E-state index in [-0.39, 0.29) is 34.1 Å². The number of nitrogens with two attached hydrogens (primary N) is 2. The lowest BCUT2D eigenvalue weighted by molar-refractivity contribution is -0.646. The van der Waals surface area contributed by atoms with Crippen molar-refractivity contribution in [2.45, 2.75) is 73.9 Å². The summed E-state index contributed by atoms with van der Waals surface area (Å²) in [5.41, 5.74) is 9.21. The van der Waals surface area contributed by atoms with Gasteiger partial charge in [-0.05, 0) is 0 Å². The fraction of sp³-hybridized carbons (Fsp3) is 0.571. The molecule has 0 aromatic carbocycles. The van der Waals surface area contributed by atoms with E-state index in [1.54, 1.807) is 0 Å². The van der Waals surface area contributed by atoms with Crippen molar-refractivity contribution < 1.29 is 104 Å². The Morgan fingerprint density at radius 1 is 0.805 bits per heavy atom. The number of fused-ring (bicyclic) bond motifs is 2. The van der Waals surface area contributed by atoms with Crippen LogP contribution in [0, 0.1) is 5.92 Å². The standard InChI is InChI=1S/C35H50N14O24P4/c1-45(2)19(51)7-14-15(69-31(22(14)52)49-13-46(3)21-29(49)42-34(37)43-30(21)55)8-68-77(63,64)73-75(59,60)44-74(57,58)66-10-17-25(26(65-4)33(71-17)48-12-40-20-27(36)38-11-39-28(20)48)72-76(61,62)67-9-16-23(53)24(54)32(70-16)47-6-5-18(50)41-35(47)56/h5-6,11-17,22-26,31-33,52-54H,7-10H2,1-4H3,(H10-,36,37,38,39,41,42,43,44,50,55,56,57,58,59,60,61,62,63,64)/p+1/t14-,15-,16-,17?,22-,23-,24-,25-,26-,31-,32-,33-/m1/s1. The van der Waals surface area contributed by atoms with Crippen LogP contribution in [0.2, 0.25) is 0 Å². The molecule has 8 rings (SSSR count). The molecule has 14 N–H and O–H groups in total. The summed E-state index contributed by atoms with van der Waals surface area (Å²) in [6.07, 6.45) is -14.1. The Kier molecular flexibility index (Phi) is 16.7. The molecule has 3 aliphatic rings. The molecule has 0 bridgehead atoms. The number of H-pyrrole nitrogens is 2. The monoisotopic (exact) mass is 1180 g/mol. The molecule has 0 spiro atoms. The second-order valence-corrected chi connectivity index (χ2v) is 23.9. The van der Waals surface area contributed by atoms with E-state index in [4.69, 9.17) is 48.5 Å². The lowest BCUT2D eigenvalue weighted by Gasteiger charge is -2.26. The second kappa shape index (κ2) is 22.2. The van der Waals surface area contributed by atoms with Crippen molar-refractivity contribution >= 4 is 71.1 Å². The van der Waals surface area contributed by atoms with Gasteiger partial charge in [0, 0.05) is 45.8 Å². The van der Waals surface area contributed by atoms with Crippen LogP contribution in [0.5, 0.6) is 0 Å². The van der Waals surface area contributed by atoms with E-state index < -0.39 is 154 Å². The molecule has 42 heteroatoms. The zero-order valence-corrected chi connectivity index (χ0v) is 43.8. The molecule has 16 atom stereocenters. The van der Waals surface area contributed by atoms with E-state index in [9.17, 15) is 72.3 Å². The molecule has 0 saturated carbocycles. The van der Waals surface area contributed by atoms with E-state index in [1.165, 1.54) is 50.9 Å². The van der Waals surface area contributed by atoms with Gasteiger partial charge >= 0.3 is 42.4 Å². The summed E-state index contributed by atoms with van der Waals surface area (Å²) >= 11 is 0. The van der Waals surface area contributed by atoms with Crippen molar-refractivity contribution in [1.29, 1.82) is 0 Å². The van der Waals surface area contributed by atoms with Crippen molar-refractivity contribution in [2.75, 3.05) is 52.5 Å². The molecule has 77 heavy (non-hydrogen) atoms. The van der Waals surface area contributed by atoms with Crippen molar-refractivity contribution in [3.05, 3.63) is 62.4 Å². The molecule has 5 aromatic heterocycles. The number of rotatable bonds is 21. The average Bonchev–Trinajstić information content (AvgIpc) is 4.13. The number of phosphoric ester groups is 2. The van der Waals surface area contributed by atoms with Crippen LogP contribution in [-0.4, -0.2) is 179 Å². The SMILES string of the molecule is CO[C@@H]1[C@H](OP(=O)(O)OC[C@H]2O[C@@H](n3ccc(=O)[nH]c3=O)[C@H](O)[C@@H]2O)C(COP(=O)(O)NP(=O)(O)OP(=O)(O)OC[C@H]2O[C@@H](n3c[n+](C)c4c(=O)[nH]c(N)nc43)[C@H](O)[C@@H]2CC(=O)N(C)C)O[C@H]1n1cnc2c(N)ncnc21. The summed E-state index contributed by atoms with van der Waals surface area (Å²) in [6, 6.07) is 0.925. The fourth-order valence-corrected chi connectivity index (χ4v) is 13.5. The van der Waals surface area contributed by atoms with Gasteiger partial charge in [-0.2, -0.15) is 13.9 Å². The molecule has 1 amide bonds.